The third-order valence-electron chi connectivity index (χ3n) is 10.2. The molecule has 0 radical (unpaired) electrons. The van der Waals surface area contributed by atoms with E-state index in [1.54, 1.807) is 12.3 Å². The Labute approximate surface area is 348 Å². The fraction of sp³-hybridized carbons (Fsp3) is 0.429. The second-order valence-electron chi connectivity index (χ2n) is 15.8. The molecule has 1 aliphatic carbocycles. The summed E-state index contributed by atoms with van der Waals surface area (Å²) in [5, 5.41) is 22.9. The molecule has 330 valence electrons. The summed E-state index contributed by atoms with van der Waals surface area (Å²) in [4.78, 5) is 74.5. The highest BCUT2D eigenvalue weighted by molar-refractivity contribution is 6.12. The van der Waals surface area contributed by atoms with Crippen LogP contribution in [0.1, 0.15) is 63.8 Å². The van der Waals surface area contributed by atoms with Gasteiger partial charge in [-0.25, -0.2) is 13.6 Å². The zero-order valence-corrected chi connectivity index (χ0v) is 33.8. The lowest BCUT2D eigenvalue weighted by Gasteiger charge is -2.41. The van der Waals surface area contributed by atoms with Crippen molar-refractivity contribution in [2.45, 2.75) is 77.3 Å². The number of nitrogens with one attached hydrogen (secondary N) is 2. The predicted molar refractivity (Wildman–Crippen MR) is 211 cm³/mol. The van der Waals surface area contributed by atoms with Gasteiger partial charge in [-0.1, -0.05) is 51.1 Å². The van der Waals surface area contributed by atoms with Crippen LogP contribution in [0.15, 0.2) is 72.9 Å². The van der Waals surface area contributed by atoms with E-state index in [-0.39, 0.29) is 49.5 Å². The first-order valence-corrected chi connectivity index (χ1v) is 19.4. The number of carbonyl (C=O) groups excluding carboxylic acids is 5. The van der Waals surface area contributed by atoms with Crippen LogP contribution in [0.5, 0.6) is 0 Å². The van der Waals surface area contributed by atoms with Crippen LogP contribution in [-0.2, 0) is 35.3 Å². The quantitative estimate of drug-likeness (QED) is 0.110. The Bertz CT molecular complexity index is 2080. The Balaban J connectivity index is 0.00000107. The molecule has 0 saturated heterocycles. The van der Waals surface area contributed by atoms with Gasteiger partial charge in [-0.05, 0) is 60.9 Å². The number of rotatable bonds is 15. The van der Waals surface area contributed by atoms with E-state index in [0.717, 1.165) is 28.7 Å². The number of carboxylic acids is 1. The van der Waals surface area contributed by atoms with Crippen LogP contribution in [0.4, 0.5) is 22.0 Å². The van der Waals surface area contributed by atoms with Crippen molar-refractivity contribution in [2.75, 3.05) is 26.2 Å². The number of hydrogen-bond donors (Lipinski definition) is 5. The van der Waals surface area contributed by atoms with Gasteiger partial charge in [-0.3, -0.25) is 28.9 Å². The second kappa shape index (κ2) is 20.5. The maximum absolute atomic E-state index is 15.0. The highest BCUT2D eigenvalue weighted by atomic mass is 19.4. The van der Waals surface area contributed by atoms with Crippen LogP contribution in [0.2, 0.25) is 0 Å². The summed E-state index contributed by atoms with van der Waals surface area (Å²) in [6.45, 7) is 5.54. The van der Waals surface area contributed by atoms with Gasteiger partial charge in [-0.2, -0.15) is 13.2 Å². The minimum atomic E-state index is -5.08. The minimum absolute atomic E-state index is 0.00331. The van der Waals surface area contributed by atoms with Gasteiger partial charge in [0.25, 0.3) is 11.8 Å². The maximum atomic E-state index is 15.0. The smallest absolute Gasteiger partial charge is 0.475 e. The van der Waals surface area contributed by atoms with Crippen LogP contribution in [0.25, 0.3) is 11.1 Å². The molecule has 2 aromatic carbocycles. The summed E-state index contributed by atoms with van der Waals surface area (Å²) < 4.78 is 63.0. The van der Waals surface area contributed by atoms with Crippen molar-refractivity contribution in [3.63, 3.8) is 0 Å². The van der Waals surface area contributed by atoms with Crippen LogP contribution < -0.4 is 16.4 Å². The Hall–Kier alpha value is -5.95. The summed E-state index contributed by atoms with van der Waals surface area (Å²) >= 11 is 0. The summed E-state index contributed by atoms with van der Waals surface area (Å²) in [6.07, 6.45) is 0.537. The normalized spacial score (nSPS) is 17.4. The van der Waals surface area contributed by atoms with Gasteiger partial charge in [0.15, 0.2) is 0 Å². The number of nitrogens with two attached hydrogens (primary N) is 1. The van der Waals surface area contributed by atoms with Gasteiger partial charge in [0.05, 0.1) is 12.1 Å². The van der Waals surface area contributed by atoms with Crippen molar-refractivity contribution in [1.29, 1.82) is 0 Å². The van der Waals surface area contributed by atoms with Crippen molar-refractivity contribution in [1.82, 2.24) is 25.0 Å². The average molecular weight is 861 g/mol. The molecule has 1 aromatic heterocycles. The molecule has 6 N–H and O–H groups in total. The molecule has 14 nitrogen and oxygen atoms in total. The molecule has 5 amide bonds. The van der Waals surface area contributed by atoms with Gasteiger partial charge in [0.1, 0.15) is 18.2 Å². The zero-order chi connectivity index (χ0) is 45.2. The van der Waals surface area contributed by atoms with Gasteiger partial charge in [0.2, 0.25) is 17.7 Å². The Morgan fingerprint density at radius 3 is 2.20 bits per heavy atom. The van der Waals surface area contributed by atoms with E-state index in [0.29, 0.717) is 37.1 Å². The number of hydrogen-bond acceptors (Lipinski definition) is 8. The fourth-order valence-electron chi connectivity index (χ4n) is 7.26. The van der Waals surface area contributed by atoms with Gasteiger partial charge in [0, 0.05) is 73.3 Å². The number of benzene rings is 2. The number of halogens is 5. The number of aromatic nitrogens is 1. The van der Waals surface area contributed by atoms with E-state index in [9.17, 15) is 46.6 Å². The third kappa shape index (κ3) is 13.0. The second-order valence-corrected chi connectivity index (χ2v) is 15.8. The van der Waals surface area contributed by atoms with E-state index < -0.39 is 71.5 Å². The van der Waals surface area contributed by atoms with Crippen molar-refractivity contribution >= 4 is 35.5 Å². The number of nitrogens with zero attached hydrogens (tertiary/aromatic N) is 3. The van der Waals surface area contributed by atoms with E-state index in [1.165, 1.54) is 17.1 Å². The van der Waals surface area contributed by atoms with Crippen LogP contribution in [0, 0.1) is 23.0 Å². The van der Waals surface area contributed by atoms with E-state index >= 15 is 4.39 Å². The average Bonchev–Trinajstić information content (AvgIpc) is 3.92. The summed E-state index contributed by atoms with van der Waals surface area (Å²) in [5.74, 6) is -6.42. The molecule has 1 saturated carbocycles. The monoisotopic (exact) mass is 860 g/mol. The van der Waals surface area contributed by atoms with Crippen LogP contribution >= 0.6 is 0 Å². The standard InChI is InChI=1S/C40H48F2N6O6.C2HF3O2/c1-40(2,3)37(33-20-27(30-21-28(41)10-12-31(30)42)23-46(33)22-25-7-5-4-6-8-25)48(36(52)24-49)17-15-32(43)39(54)45-29-11-9-26(19-29)38(53)44-16-18-47-34(50)13-14-35(47)51;3-2(4,5)1(6)7/h4-8,10,12-14,20-21,23,26,29,32,37,49H,9,11,15-19,22,24,43H2,1-3H3,(H,44,53)(H,45,54);(H,6,7)/t26-,29+,32-,37-;/m0./s1. The number of aliphatic carboxylic acids is 1. The maximum Gasteiger partial charge on any atom is 0.490 e. The molecule has 19 heteroatoms. The number of amides is 5. The molecule has 1 aliphatic heterocycles. The Morgan fingerprint density at radius 1 is 0.967 bits per heavy atom. The molecular weight excluding hydrogens is 811 g/mol. The van der Waals surface area contributed by atoms with Gasteiger partial charge < -0.3 is 36.0 Å². The lowest BCUT2D eigenvalue weighted by molar-refractivity contribution is -0.192. The number of aliphatic hydroxyl groups is 1. The summed E-state index contributed by atoms with van der Waals surface area (Å²) in [5.41, 5.74) is 7.77. The largest absolute Gasteiger partial charge is 0.490 e. The van der Waals surface area contributed by atoms with Crippen molar-refractivity contribution in [2.24, 2.45) is 17.1 Å². The molecular formula is C42H49F5N6O8. The molecule has 2 heterocycles. The van der Waals surface area contributed by atoms with Crippen molar-refractivity contribution in [3.05, 3.63) is 95.8 Å². The third-order valence-corrected chi connectivity index (χ3v) is 10.2. The molecule has 4 atom stereocenters. The van der Waals surface area contributed by atoms with E-state index in [4.69, 9.17) is 15.6 Å². The molecule has 1 fully saturated rings. The molecule has 2 aliphatic rings. The van der Waals surface area contributed by atoms with Crippen LogP contribution in [0.3, 0.4) is 0 Å². The first-order chi connectivity index (χ1) is 28.6. The lowest BCUT2D eigenvalue weighted by atomic mass is 9.82. The Morgan fingerprint density at radius 2 is 1.61 bits per heavy atom. The molecule has 0 bridgehead atoms. The number of carboxylic acid groups (broad SMARTS) is 1. The summed E-state index contributed by atoms with van der Waals surface area (Å²) in [7, 11) is 0. The number of aliphatic hydroxyl groups excluding tert-OH is 1. The van der Waals surface area contributed by atoms with Gasteiger partial charge in [-0.15, -0.1) is 0 Å². The van der Waals surface area contributed by atoms with E-state index in [2.05, 4.69) is 10.6 Å². The topological polar surface area (TPSA) is 204 Å². The van der Waals surface area contributed by atoms with Crippen molar-refractivity contribution < 1.29 is 60.9 Å². The highest BCUT2D eigenvalue weighted by Crippen LogP contribution is 2.41. The minimum Gasteiger partial charge on any atom is -0.475 e. The first kappa shape index (κ1) is 47.7. The number of carbonyl (C=O) groups is 6. The first-order valence-electron chi connectivity index (χ1n) is 19.4. The Kier molecular flexibility index (Phi) is 16.1. The molecule has 3 aromatic rings. The highest BCUT2D eigenvalue weighted by Gasteiger charge is 2.39. The summed E-state index contributed by atoms with van der Waals surface area (Å²) in [6, 6.07) is 12.5. The molecule has 61 heavy (non-hydrogen) atoms. The van der Waals surface area contributed by atoms with Crippen LogP contribution in [-0.4, -0.2) is 105 Å². The SMILES string of the molecule is CC(C)(C)[C@H](c1cc(-c2cc(F)ccc2F)cn1Cc1ccccc1)N(CC[C@H](N)C(=O)N[C@@H]1CC[C@H](C(=O)NCCN2C(=O)C=CC2=O)C1)C(=O)CO.O=C(O)C(F)(F)F. The number of alkyl halides is 3. The van der Waals surface area contributed by atoms with E-state index in [1.807, 2.05) is 55.7 Å². The number of imide groups is 1. The molecule has 5 rings (SSSR count). The predicted octanol–water partition coefficient (Wildman–Crippen LogP) is 4.07. The fourth-order valence-corrected chi connectivity index (χ4v) is 7.26. The molecule has 0 unspecified atom stereocenters. The lowest BCUT2D eigenvalue weighted by Crippen LogP contribution is -2.49. The van der Waals surface area contributed by atoms with Crippen molar-refractivity contribution in [3.8, 4) is 11.1 Å². The molecule has 0 spiro atoms. The zero-order valence-electron chi connectivity index (χ0n) is 33.8. The van der Waals surface area contributed by atoms with Gasteiger partial charge >= 0.3 is 12.1 Å².